The number of thiazole rings is 1. The SMILES string of the molecule is Cc1nc(-c2ccnc(N)n2)cs1. The Morgan fingerprint density at radius 3 is 2.77 bits per heavy atom. The minimum atomic E-state index is 0.281. The average Bonchev–Trinajstić information content (AvgIpc) is 2.52. The maximum atomic E-state index is 5.46. The summed E-state index contributed by atoms with van der Waals surface area (Å²) in [6.45, 7) is 1.96. The van der Waals surface area contributed by atoms with E-state index in [1.54, 1.807) is 23.6 Å². The Hall–Kier alpha value is -1.49. The van der Waals surface area contributed by atoms with E-state index in [0.717, 1.165) is 16.4 Å². The normalized spacial score (nSPS) is 10.2. The van der Waals surface area contributed by atoms with E-state index in [1.807, 2.05) is 12.3 Å². The Morgan fingerprint density at radius 2 is 2.15 bits per heavy atom. The molecule has 5 heteroatoms. The Morgan fingerprint density at radius 1 is 1.31 bits per heavy atom. The largest absolute Gasteiger partial charge is 0.368 e. The molecular formula is C8H8N4S. The van der Waals surface area contributed by atoms with Crippen molar-refractivity contribution in [1.82, 2.24) is 15.0 Å². The van der Waals surface area contributed by atoms with Crippen LogP contribution in [0.4, 0.5) is 5.95 Å². The van der Waals surface area contributed by atoms with Crippen LogP contribution in [0, 0.1) is 6.92 Å². The van der Waals surface area contributed by atoms with Gasteiger partial charge in [0.1, 0.15) is 5.69 Å². The third-order valence-corrected chi connectivity index (χ3v) is 2.33. The van der Waals surface area contributed by atoms with E-state index in [2.05, 4.69) is 15.0 Å². The summed E-state index contributed by atoms with van der Waals surface area (Å²) < 4.78 is 0. The fourth-order valence-electron chi connectivity index (χ4n) is 0.998. The molecule has 0 amide bonds. The van der Waals surface area contributed by atoms with Gasteiger partial charge in [-0.3, -0.25) is 0 Å². The molecule has 2 heterocycles. The van der Waals surface area contributed by atoms with Crippen LogP contribution in [0.15, 0.2) is 17.6 Å². The smallest absolute Gasteiger partial charge is 0.220 e. The van der Waals surface area contributed by atoms with Crippen LogP contribution in [0.5, 0.6) is 0 Å². The molecule has 0 bridgehead atoms. The second-order valence-electron chi connectivity index (χ2n) is 2.55. The third-order valence-electron chi connectivity index (χ3n) is 1.56. The number of nitrogens with zero attached hydrogens (tertiary/aromatic N) is 3. The summed E-state index contributed by atoms with van der Waals surface area (Å²) in [5, 5.41) is 2.98. The molecule has 0 aliphatic heterocycles. The molecule has 0 aromatic carbocycles. The molecule has 0 saturated carbocycles. The summed E-state index contributed by atoms with van der Waals surface area (Å²) in [6.07, 6.45) is 1.63. The highest BCUT2D eigenvalue weighted by atomic mass is 32.1. The molecule has 2 aromatic rings. The van der Waals surface area contributed by atoms with Crippen molar-refractivity contribution >= 4 is 17.3 Å². The molecule has 0 aliphatic carbocycles. The van der Waals surface area contributed by atoms with Gasteiger partial charge in [-0.1, -0.05) is 0 Å². The maximum absolute atomic E-state index is 5.46. The Bertz CT molecular complexity index is 424. The van der Waals surface area contributed by atoms with Crippen molar-refractivity contribution in [3.8, 4) is 11.4 Å². The van der Waals surface area contributed by atoms with Crippen molar-refractivity contribution in [2.24, 2.45) is 0 Å². The highest BCUT2D eigenvalue weighted by Gasteiger charge is 2.03. The van der Waals surface area contributed by atoms with Crippen LogP contribution >= 0.6 is 11.3 Å². The van der Waals surface area contributed by atoms with E-state index >= 15 is 0 Å². The van der Waals surface area contributed by atoms with Crippen LogP contribution in [0.1, 0.15) is 5.01 Å². The average molecular weight is 192 g/mol. The van der Waals surface area contributed by atoms with E-state index in [4.69, 9.17) is 5.73 Å². The Balaban J connectivity index is 2.46. The number of aromatic nitrogens is 3. The van der Waals surface area contributed by atoms with E-state index in [9.17, 15) is 0 Å². The van der Waals surface area contributed by atoms with Crippen molar-refractivity contribution in [3.05, 3.63) is 22.7 Å². The Labute approximate surface area is 79.5 Å². The molecule has 13 heavy (non-hydrogen) atoms. The zero-order valence-electron chi connectivity index (χ0n) is 7.06. The van der Waals surface area contributed by atoms with Gasteiger partial charge in [0.15, 0.2) is 0 Å². The standard InChI is InChI=1S/C8H8N4S/c1-5-11-7(4-13-5)6-2-3-10-8(9)12-6/h2-4H,1H3,(H2,9,10,12). The number of hydrogen-bond acceptors (Lipinski definition) is 5. The van der Waals surface area contributed by atoms with E-state index < -0.39 is 0 Å². The lowest BCUT2D eigenvalue weighted by molar-refractivity contribution is 1.17. The third kappa shape index (κ3) is 1.65. The molecule has 2 N–H and O–H groups in total. The van der Waals surface area contributed by atoms with Crippen LogP contribution in [-0.4, -0.2) is 15.0 Å². The molecule has 0 atom stereocenters. The van der Waals surface area contributed by atoms with Crippen molar-refractivity contribution < 1.29 is 0 Å². The minimum absolute atomic E-state index is 0.281. The van der Waals surface area contributed by atoms with E-state index in [-0.39, 0.29) is 5.95 Å². The highest BCUT2D eigenvalue weighted by molar-refractivity contribution is 7.09. The van der Waals surface area contributed by atoms with Gasteiger partial charge in [0.25, 0.3) is 0 Å². The van der Waals surface area contributed by atoms with Gasteiger partial charge in [0.05, 0.1) is 10.7 Å². The summed E-state index contributed by atoms with van der Waals surface area (Å²) >= 11 is 1.59. The highest BCUT2D eigenvalue weighted by Crippen LogP contribution is 2.19. The van der Waals surface area contributed by atoms with Crippen LogP contribution in [-0.2, 0) is 0 Å². The molecule has 2 rings (SSSR count). The second-order valence-corrected chi connectivity index (χ2v) is 3.61. The second kappa shape index (κ2) is 3.10. The van der Waals surface area contributed by atoms with Crippen LogP contribution < -0.4 is 5.73 Å². The topological polar surface area (TPSA) is 64.7 Å². The molecule has 0 spiro atoms. The van der Waals surface area contributed by atoms with E-state index in [0.29, 0.717) is 0 Å². The monoisotopic (exact) mass is 192 g/mol. The van der Waals surface area contributed by atoms with Gasteiger partial charge in [-0.15, -0.1) is 11.3 Å². The molecule has 2 aromatic heterocycles. The number of nitrogens with two attached hydrogens (primary N) is 1. The lowest BCUT2D eigenvalue weighted by Crippen LogP contribution is -1.95. The summed E-state index contributed by atoms with van der Waals surface area (Å²) in [5.74, 6) is 0.281. The lowest BCUT2D eigenvalue weighted by atomic mass is 10.3. The predicted octanol–water partition coefficient (Wildman–Crippen LogP) is 1.49. The van der Waals surface area contributed by atoms with E-state index in [1.165, 1.54) is 0 Å². The summed E-state index contributed by atoms with van der Waals surface area (Å²) in [6, 6.07) is 1.80. The molecule has 66 valence electrons. The van der Waals surface area contributed by atoms with Crippen molar-refractivity contribution in [2.75, 3.05) is 5.73 Å². The first kappa shape index (κ1) is 8.12. The van der Waals surface area contributed by atoms with Gasteiger partial charge in [-0.25, -0.2) is 15.0 Å². The molecule has 0 unspecified atom stereocenters. The summed E-state index contributed by atoms with van der Waals surface area (Å²) in [7, 11) is 0. The van der Waals surface area contributed by atoms with Crippen molar-refractivity contribution in [2.45, 2.75) is 6.92 Å². The Kier molecular flexibility index (Phi) is 1.94. The van der Waals surface area contributed by atoms with Gasteiger partial charge in [-0.05, 0) is 13.0 Å². The first-order valence-electron chi connectivity index (χ1n) is 3.77. The number of hydrogen-bond donors (Lipinski definition) is 1. The van der Waals surface area contributed by atoms with Gasteiger partial charge in [0.2, 0.25) is 5.95 Å². The maximum Gasteiger partial charge on any atom is 0.220 e. The zero-order chi connectivity index (χ0) is 9.26. The molecule has 0 saturated heterocycles. The van der Waals surface area contributed by atoms with Gasteiger partial charge in [-0.2, -0.15) is 0 Å². The summed E-state index contributed by atoms with van der Waals surface area (Å²) in [5.41, 5.74) is 7.09. The fourth-order valence-corrected chi connectivity index (χ4v) is 1.60. The zero-order valence-corrected chi connectivity index (χ0v) is 7.88. The lowest BCUT2D eigenvalue weighted by Gasteiger charge is -1.95. The first-order chi connectivity index (χ1) is 6.25. The van der Waals surface area contributed by atoms with Crippen molar-refractivity contribution in [3.63, 3.8) is 0 Å². The number of aryl methyl sites for hydroxylation is 1. The number of anilines is 1. The van der Waals surface area contributed by atoms with Gasteiger partial charge >= 0.3 is 0 Å². The van der Waals surface area contributed by atoms with Gasteiger partial charge in [0, 0.05) is 11.6 Å². The van der Waals surface area contributed by atoms with Gasteiger partial charge < -0.3 is 5.73 Å². The quantitative estimate of drug-likeness (QED) is 0.743. The molecular weight excluding hydrogens is 184 g/mol. The first-order valence-corrected chi connectivity index (χ1v) is 4.65. The number of nitrogen functional groups attached to an aromatic ring is 1. The predicted molar refractivity (Wildman–Crippen MR) is 52.3 cm³/mol. The van der Waals surface area contributed by atoms with Crippen molar-refractivity contribution in [1.29, 1.82) is 0 Å². The summed E-state index contributed by atoms with van der Waals surface area (Å²) in [4.78, 5) is 12.2. The molecule has 4 nitrogen and oxygen atoms in total. The van der Waals surface area contributed by atoms with Crippen LogP contribution in [0.2, 0.25) is 0 Å². The van der Waals surface area contributed by atoms with Crippen LogP contribution in [0.25, 0.3) is 11.4 Å². The minimum Gasteiger partial charge on any atom is -0.368 e. The fraction of sp³-hybridized carbons (Fsp3) is 0.125. The molecule has 0 radical (unpaired) electrons. The molecule has 0 fully saturated rings. The number of rotatable bonds is 1. The molecule has 0 aliphatic rings. The van der Waals surface area contributed by atoms with Crippen LogP contribution in [0.3, 0.4) is 0 Å².